The quantitative estimate of drug-likeness (QED) is 0.787. The summed E-state index contributed by atoms with van der Waals surface area (Å²) < 4.78 is 5.85. The molecule has 1 saturated heterocycles. The molecule has 1 aromatic carbocycles. The molecule has 1 aromatic heterocycles. The normalized spacial score (nSPS) is 15.0. The fourth-order valence-corrected chi connectivity index (χ4v) is 2.76. The Hall–Kier alpha value is -1.74. The van der Waals surface area contributed by atoms with E-state index in [1.807, 2.05) is 36.4 Å². The Bertz CT molecular complexity index is 583. The molecular formula is C17H19ClN2O. The van der Waals surface area contributed by atoms with Gasteiger partial charge in [0.05, 0.1) is 0 Å². The zero-order chi connectivity index (χ0) is 14.5. The van der Waals surface area contributed by atoms with Crippen molar-refractivity contribution in [3.8, 4) is 5.75 Å². The van der Waals surface area contributed by atoms with Gasteiger partial charge in [0.15, 0.2) is 0 Å². The minimum absolute atomic E-state index is 0.487. The molecule has 110 valence electrons. The number of piperidine rings is 1. The molecule has 0 aliphatic carbocycles. The lowest BCUT2D eigenvalue weighted by Crippen LogP contribution is -2.30. The smallest absolute Gasteiger partial charge is 0.135 e. The Balaban J connectivity index is 1.71. The second kappa shape index (κ2) is 6.81. The Kier molecular flexibility index (Phi) is 4.61. The minimum atomic E-state index is 0.487. The molecule has 0 radical (unpaired) electrons. The fourth-order valence-electron chi connectivity index (χ4n) is 2.57. The molecule has 3 nitrogen and oxygen atoms in total. The van der Waals surface area contributed by atoms with Crippen molar-refractivity contribution in [2.45, 2.75) is 25.9 Å². The number of hydrogen-bond donors (Lipinski definition) is 0. The van der Waals surface area contributed by atoms with Gasteiger partial charge in [-0.2, -0.15) is 0 Å². The molecule has 21 heavy (non-hydrogen) atoms. The molecular weight excluding hydrogens is 284 g/mol. The number of rotatable bonds is 4. The number of anilines is 1. The van der Waals surface area contributed by atoms with Crippen LogP contribution in [0.5, 0.6) is 5.75 Å². The summed E-state index contributed by atoms with van der Waals surface area (Å²) in [5.74, 6) is 1.70. The maximum absolute atomic E-state index is 6.13. The lowest BCUT2D eigenvalue weighted by atomic mass is 10.1. The molecule has 3 rings (SSSR count). The summed E-state index contributed by atoms with van der Waals surface area (Å²) in [7, 11) is 0. The van der Waals surface area contributed by atoms with Gasteiger partial charge in [-0.15, -0.1) is 0 Å². The van der Waals surface area contributed by atoms with Gasteiger partial charge < -0.3 is 9.64 Å². The molecule has 0 amide bonds. The zero-order valence-corrected chi connectivity index (χ0v) is 12.7. The fraction of sp³-hybridized carbons (Fsp3) is 0.353. The van der Waals surface area contributed by atoms with Crippen molar-refractivity contribution in [3.05, 3.63) is 53.2 Å². The SMILES string of the molecule is Clc1cc(OCc2ccccc2)cc(N2CCCCC2)n1. The van der Waals surface area contributed by atoms with Crippen LogP contribution in [0.1, 0.15) is 24.8 Å². The number of halogens is 1. The highest BCUT2D eigenvalue weighted by Crippen LogP contribution is 2.26. The van der Waals surface area contributed by atoms with E-state index in [1.165, 1.54) is 19.3 Å². The van der Waals surface area contributed by atoms with Crippen LogP contribution >= 0.6 is 11.6 Å². The first-order valence-electron chi connectivity index (χ1n) is 7.40. The van der Waals surface area contributed by atoms with Crippen molar-refractivity contribution in [1.29, 1.82) is 0 Å². The van der Waals surface area contributed by atoms with Gasteiger partial charge in [-0.05, 0) is 24.8 Å². The van der Waals surface area contributed by atoms with E-state index in [9.17, 15) is 0 Å². The number of pyridine rings is 1. The average Bonchev–Trinajstić information content (AvgIpc) is 2.54. The molecule has 0 spiro atoms. The summed E-state index contributed by atoms with van der Waals surface area (Å²) in [6, 6.07) is 13.9. The van der Waals surface area contributed by atoms with Crippen LogP contribution in [0.3, 0.4) is 0 Å². The van der Waals surface area contributed by atoms with Crippen molar-refractivity contribution >= 4 is 17.4 Å². The van der Waals surface area contributed by atoms with Crippen molar-refractivity contribution in [3.63, 3.8) is 0 Å². The lowest BCUT2D eigenvalue weighted by Gasteiger charge is -2.28. The van der Waals surface area contributed by atoms with Crippen LogP contribution in [0.2, 0.25) is 5.15 Å². The monoisotopic (exact) mass is 302 g/mol. The van der Waals surface area contributed by atoms with Crippen LogP contribution in [-0.2, 0) is 6.61 Å². The third-order valence-corrected chi connectivity index (χ3v) is 3.88. The van der Waals surface area contributed by atoms with E-state index >= 15 is 0 Å². The average molecular weight is 303 g/mol. The summed E-state index contributed by atoms with van der Waals surface area (Å²) in [5.41, 5.74) is 1.14. The van der Waals surface area contributed by atoms with E-state index in [0.717, 1.165) is 30.2 Å². The number of hydrogen-bond acceptors (Lipinski definition) is 3. The predicted molar refractivity (Wildman–Crippen MR) is 86.1 cm³/mol. The van der Waals surface area contributed by atoms with E-state index in [-0.39, 0.29) is 0 Å². The van der Waals surface area contributed by atoms with Crippen LogP contribution in [0.4, 0.5) is 5.82 Å². The number of ether oxygens (including phenoxy) is 1. The first kappa shape index (κ1) is 14.2. The molecule has 1 fully saturated rings. The van der Waals surface area contributed by atoms with Crippen molar-refractivity contribution in [1.82, 2.24) is 4.98 Å². The van der Waals surface area contributed by atoms with E-state index in [4.69, 9.17) is 16.3 Å². The first-order valence-corrected chi connectivity index (χ1v) is 7.78. The maximum atomic E-state index is 6.13. The van der Waals surface area contributed by atoms with Crippen LogP contribution < -0.4 is 9.64 Å². The van der Waals surface area contributed by atoms with Gasteiger partial charge in [0.2, 0.25) is 0 Å². The third-order valence-electron chi connectivity index (χ3n) is 3.68. The lowest BCUT2D eigenvalue weighted by molar-refractivity contribution is 0.306. The molecule has 0 saturated carbocycles. The molecule has 1 aliphatic heterocycles. The van der Waals surface area contributed by atoms with Gasteiger partial charge in [0.1, 0.15) is 23.3 Å². The second-order valence-corrected chi connectivity index (χ2v) is 5.69. The van der Waals surface area contributed by atoms with Crippen molar-refractivity contribution in [2.24, 2.45) is 0 Å². The highest BCUT2D eigenvalue weighted by Gasteiger charge is 2.14. The predicted octanol–water partition coefficient (Wildman–Crippen LogP) is 4.30. The second-order valence-electron chi connectivity index (χ2n) is 5.31. The first-order chi connectivity index (χ1) is 10.3. The number of aromatic nitrogens is 1. The molecule has 0 atom stereocenters. The Labute approximate surface area is 130 Å². The van der Waals surface area contributed by atoms with Gasteiger partial charge in [-0.3, -0.25) is 0 Å². The Morgan fingerprint density at radius 3 is 2.57 bits per heavy atom. The molecule has 2 heterocycles. The summed E-state index contributed by atoms with van der Waals surface area (Å²) in [6.45, 7) is 2.64. The van der Waals surface area contributed by atoms with Crippen molar-refractivity contribution < 1.29 is 4.74 Å². The molecule has 0 unspecified atom stereocenters. The maximum Gasteiger partial charge on any atom is 0.135 e. The van der Waals surface area contributed by atoms with Crippen LogP contribution in [-0.4, -0.2) is 18.1 Å². The molecule has 2 aromatic rings. The standard InChI is InChI=1S/C17H19ClN2O/c18-16-11-15(21-13-14-7-3-1-4-8-14)12-17(19-16)20-9-5-2-6-10-20/h1,3-4,7-8,11-12H,2,5-6,9-10,13H2. The van der Waals surface area contributed by atoms with Crippen LogP contribution in [0, 0.1) is 0 Å². The Morgan fingerprint density at radius 2 is 1.81 bits per heavy atom. The van der Waals surface area contributed by atoms with E-state index in [0.29, 0.717) is 11.8 Å². The van der Waals surface area contributed by atoms with Crippen molar-refractivity contribution in [2.75, 3.05) is 18.0 Å². The largest absolute Gasteiger partial charge is 0.489 e. The van der Waals surface area contributed by atoms with Gasteiger partial charge >= 0.3 is 0 Å². The van der Waals surface area contributed by atoms with Gasteiger partial charge in [-0.1, -0.05) is 41.9 Å². The summed E-state index contributed by atoms with van der Waals surface area (Å²) in [6.07, 6.45) is 3.73. The number of nitrogens with zero attached hydrogens (tertiary/aromatic N) is 2. The zero-order valence-electron chi connectivity index (χ0n) is 12.0. The van der Waals surface area contributed by atoms with E-state index < -0.39 is 0 Å². The van der Waals surface area contributed by atoms with E-state index in [2.05, 4.69) is 9.88 Å². The number of benzene rings is 1. The minimum Gasteiger partial charge on any atom is -0.489 e. The van der Waals surface area contributed by atoms with Gasteiger partial charge in [0.25, 0.3) is 0 Å². The van der Waals surface area contributed by atoms with Gasteiger partial charge in [-0.25, -0.2) is 4.98 Å². The van der Waals surface area contributed by atoms with E-state index in [1.54, 1.807) is 6.07 Å². The third kappa shape index (κ3) is 3.88. The topological polar surface area (TPSA) is 25.4 Å². The summed E-state index contributed by atoms with van der Waals surface area (Å²) in [4.78, 5) is 6.71. The summed E-state index contributed by atoms with van der Waals surface area (Å²) in [5, 5.41) is 0.487. The highest BCUT2D eigenvalue weighted by atomic mass is 35.5. The Morgan fingerprint density at radius 1 is 1.05 bits per heavy atom. The van der Waals surface area contributed by atoms with Gasteiger partial charge in [0, 0.05) is 25.2 Å². The molecule has 0 N–H and O–H groups in total. The molecule has 4 heteroatoms. The highest BCUT2D eigenvalue weighted by molar-refractivity contribution is 6.29. The van der Waals surface area contributed by atoms with Crippen LogP contribution in [0.15, 0.2) is 42.5 Å². The summed E-state index contributed by atoms with van der Waals surface area (Å²) >= 11 is 6.13. The molecule has 1 aliphatic rings. The molecule has 0 bridgehead atoms. The van der Waals surface area contributed by atoms with Crippen LogP contribution in [0.25, 0.3) is 0 Å².